The number of hydrogen-bond acceptors (Lipinski definition) is 4. The van der Waals surface area contributed by atoms with Gasteiger partial charge in [-0.15, -0.1) is 0 Å². The predicted octanol–water partition coefficient (Wildman–Crippen LogP) is 6.59. The average molecular weight is 413 g/mol. The van der Waals surface area contributed by atoms with Crippen LogP contribution in [0.15, 0.2) is 71.7 Å². The lowest BCUT2D eigenvalue weighted by molar-refractivity contribution is 0.470. The molecule has 4 aromatic rings. The highest BCUT2D eigenvalue weighted by Gasteiger charge is 2.21. The second kappa shape index (κ2) is 9.09. The number of aromatic hydroxyl groups is 2. The number of aliphatic imine (C=N–C) groups is 1. The summed E-state index contributed by atoms with van der Waals surface area (Å²) in [5.41, 5.74) is 2.21. The van der Waals surface area contributed by atoms with Gasteiger partial charge < -0.3 is 15.1 Å². The molecule has 4 aromatic carbocycles. The van der Waals surface area contributed by atoms with Gasteiger partial charge >= 0.3 is 0 Å². The van der Waals surface area contributed by atoms with E-state index in [4.69, 9.17) is 0 Å². The van der Waals surface area contributed by atoms with E-state index in [9.17, 15) is 10.2 Å². The number of rotatable bonds is 7. The van der Waals surface area contributed by atoms with Gasteiger partial charge in [-0.1, -0.05) is 80.1 Å². The van der Waals surface area contributed by atoms with Crippen molar-refractivity contribution in [1.29, 1.82) is 0 Å². The molecular weight excluding hydrogens is 384 g/mol. The highest BCUT2D eigenvalue weighted by Crippen LogP contribution is 2.49. The molecule has 0 amide bonds. The van der Waals surface area contributed by atoms with Crippen LogP contribution in [-0.2, 0) is 6.42 Å². The largest absolute Gasteiger partial charge is 0.505 e. The third kappa shape index (κ3) is 4.19. The molecular formula is C27H28N2O2. The number of fused-ring (bicyclic) bond motifs is 2. The first-order chi connectivity index (χ1) is 15.1. The van der Waals surface area contributed by atoms with E-state index in [1.165, 1.54) is 16.3 Å². The van der Waals surface area contributed by atoms with Crippen molar-refractivity contribution in [3.05, 3.63) is 72.3 Å². The molecule has 4 nitrogen and oxygen atoms in total. The first-order valence-electron chi connectivity index (χ1n) is 10.8. The molecule has 0 bridgehead atoms. The SMILES string of the molecule is CCCC=Nc1c(N(C)CCc2ccc3ccccc3c2)c(O)c2ccccc2c1O. The summed E-state index contributed by atoms with van der Waals surface area (Å²) in [6.07, 6.45) is 4.40. The van der Waals surface area contributed by atoms with E-state index in [0.717, 1.165) is 19.3 Å². The molecule has 0 unspecified atom stereocenters. The van der Waals surface area contributed by atoms with E-state index in [1.54, 1.807) is 0 Å². The lowest BCUT2D eigenvalue weighted by atomic mass is 10.0. The molecule has 0 aliphatic rings. The summed E-state index contributed by atoms with van der Waals surface area (Å²) in [4.78, 5) is 6.53. The summed E-state index contributed by atoms with van der Waals surface area (Å²) in [6.45, 7) is 2.76. The summed E-state index contributed by atoms with van der Waals surface area (Å²) in [6, 6.07) is 22.2. The summed E-state index contributed by atoms with van der Waals surface area (Å²) in [5, 5.41) is 25.7. The number of anilines is 1. The maximum absolute atomic E-state index is 11.1. The zero-order valence-electron chi connectivity index (χ0n) is 18.0. The second-order valence-corrected chi connectivity index (χ2v) is 7.89. The highest BCUT2D eigenvalue weighted by atomic mass is 16.3. The van der Waals surface area contributed by atoms with Gasteiger partial charge in [-0.25, -0.2) is 0 Å². The van der Waals surface area contributed by atoms with Crippen molar-refractivity contribution < 1.29 is 10.2 Å². The summed E-state index contributed by atoms with van der Waals surface area (Å²) in [7, 11) is 1.93. The third-order valence-corrected chi connectivity index (χ3v) is 5.68. The van der Waals surface area contributed by atoms with Crippen LogP contribution in [0.2, 0.25) is 0 Å². The van der Waals surface area contributed by atoms with E-state index >= 15 is 0 Å². The number of benzene rings is 4. The Morgan fingerprint density at radius 2 is 1.55 bits per heavy atom. The molecule has 4 heteroatoms. The minimum atomic E-state index is 0.105. The van der Waals surface area contributed by atoms with Crippen LogP contribution in [0.5, 0.6) is 11.5 Å². The van der Waals surface area contributed by atoms with E-state index in [0.29, 0.717) is 28.7 Å². The molecule has 0 aromatic heterocycles. The lowest BCUT2D eigenvalue weighted by Gasteiger charge is -2.24. The first-order valence-corrected chi connectivity index (χ1v) is 10.8. The van der Waals surface area contributed by atoms with Crippen LogP contribution in [0.4, 0.5) is 11.4 Å². The van der Waals surface area contributed by atoms with E-state index in [2.05, 4.69) is 48.3 Å². The van der Waals surface area contributed by atoms with Crippen molar-refractivity contribution in [1.82, 2.24) is 0 Å². The molecule has 0 atom stereocenters. The van der Waals surface area contributed by atoms with Crippen molar-refractivity contribution in [3.8, 4) is 11.5 Å². The Bertz CT molecular complexity index is 1250. The Labute approximate surface area is 183 Å². The Morgan fingerprint density at radius 3 is 2.29 bits per heavy atom. The molecule has 158 valence electrons. The molecule has 4 rings (SSSR count). The van der Waals surface area contributed by atoms with Crippen LogP contribution < -0.4 is 4.90 Å². The summed E-state index contributed by atoms with van der Waals surface area (Å²) in [5.74, 6) is 0.256. The van der Waals surface area contributed by atoms with Crippen molar-refractivity contribution >= 4 is 39.1 Å². The molecule has 0 radical (unpaired) electrons. The van der Waals surface area contributed by atoms with Crippen molar-refractivity contribution in [3.63, 3.8) is 0 Å². The summed E-state index contributed by atoms with van der Waals surface area (Å²) < 4.78 is 0. The van der Waals surface area contributed by atoms with Gasteiger partial charge in [0, 0.05) is 30.6 Å². The fourth-order valence-electron chi connectivity index (χ4n) is 3.95. The number of likely N-dealkylation sites (N-methyl/N-ethyl adjacent to an activating group) is 1. The van der Waals surface area contributed by atoms with Gasteiger partial charge in [0.05, 0.1) is 0 Å². The van der Waals surface area contributed by atoms with Gasteiger partial charge in [-0.3, -0.25) is 4.99 Å². The molecule has 0 fully saturated rings. The standard InChI is InChI=1S/C27H28N2O2/c1-3-4-16-28-24-25(27(31)23-12-8-7-11-22(23)26(24)30)29(2)17-15-19-13-14-20-9-5-6-10-21(20)18-19/h5-14,16,18,30-31H,3-4,15,17H2,1-2H3. The molecule has 0 saturated carbocycles. The molecule has 0 heterocycles. The predicted molar refractivity (Wildman–Crippen MR) is 131 cm³/mol. The Kier molecular flexibility index (Phi) is 6.08. The number of phenolic OH excluding ortho intramolecular Hbond substituents is 2. The maximum Gasteiger partial charge on any atom is 0.151 e. The maximum atomic E-state index is 11.1. The van der Waals surface area contributed by atoms with Crippen LogP contribution in [0.25, 0.3) is 21.5 Å². The monoisotopic (exact) mass is 412 g/mol. The Hall–Kier alpha value is -3.53. The van der Waals surface area contributed by atoms with Crippen molar-refractivity contribution in [2.45, 2.75) is 26.2 Å². The van der Waals surface area contributed by atoms with Crippen LogP contribution in [0, 0.1) is 0 Å². The summed E-state index contributed by atoms with van der Waals surface area (Å²) >= 11 is 0. The normalized spacial score (nSPS) is 11.5. The third-order valence-electron chi connectivity index (χ3n) is 5.68. The molecule has 2 N–H and O–H groups in total. The minimum absolute atomic E-state index is 0.105. The highest BCUT2D eigenvalue weighted by molar-refractivity contribution is 6.04. The first kappa shape index (κ1) is 20.7. The van der Waals surface area contributed by atoms with Gasteiger partial charge in [0.15, 0.2) is 5.75 Å². The lowest BCUT2D eigenvalue weighted by Crippen LogP contribution is -2.20. The van der Waals surface area contributed by atoms with Crippen LogP contribution in [0.3, 0.4) is 0 Å². The molecule has 0 aliphatic heterocycles. The smallest absolute Gasteiger partial charge is 0.151 e. The minimum Gasteiger partial charge on any atom is -0.505 e. The van der Waals surface area contributed by atoms with Crippen LogP contribution in [-0.4, -0.2) is 30.0 Å². The number of nitrogens with zero attached hydrogens (tertiary/aromatic N) is 2. The van der Waals surface area contributed by atoms with Crippen molar-refractivity contribution in [2.24, 2.45) is 4.99 Å². The van der Waals surface area contributed by atoms with Gasteiger partial charge in [-0.2, -0.15) is 0 Å². The van der Waals surface area contributed by atoms with Gasteiger partial charge in [-0.05, 0) is 29.2 Å². The molecule has 31 heavy (non-hydrogen) atoms. The zero-order valence-corrected chi connectivity index (χ0v) is 18.0. The van der Waals surface area contributed by atoms with Crippen LogP contribution >= 0.6 is 0 Å². The number of unbranched alkanes of at least 4 members (excludes halogenated alkanes) is 1. The number of hydrogen-bond donors (Lipinski definition) is 2. The van der Waals surface area contributed by atoms with Gasteiger partial charge in [0.1, 0.15) is 17.1 Å². The zero-order chi connectivity index (χ0) is 21.8. The quantitative estimate of drug-likeness (QED) is 0.266. The topological polar surface area (TPSA) is 56.1 Å². The van der Waals surface area contributed by atoms with Crippen molar-refractivity contribution in [2.75, 3.05) is 18.5 Å². The van der Waals surface area contributed by atoms with Gasteiger partial charge in [0.25, 0.3) is 0 Å². The Morgan fingerprint density at radius 1 is 0.871 bits per heavy atom. The van der Waals surface area contributed by atoms with Crippen LogP contribution in [0.1, 0.15) is 25.3 Å². The fraction of sp³-hybridized carbons (Fsp3) is 0.222. The molecule has 0 saturated heterocycles. The van der Waals surface area contributed by atoms with E-state index in [1.807, 2.05) is 48.5 Å². The fourth-order valence-corrected chi connectivity index (χ4v) is 3.95. The van der Waals surface area contributed by atoms with E-state index < -0.39 is 0 Å². The van der Waals surface area contributed by atoms with Gasteiger partial charge in [0.2, 0.25) is 0 Å². The van der Waals surface area contributed by atoms with E-state index in [-0.39, 0.29) is 11.5 Å². The molecule has 0 spiro atoms. The molecule has 0 aliphatic carbocycles. The Balaban J connectivity index is 1.69. The average Bonchev–Trinajstić information content (AvgIpc) is 2.80. The number of phenols is 2. The second-order valence-electron chi connectivity index (χ2n) is 7.89.